The van der Waals surface area contributed by atoms with Gasteiger partial charge in [-0.25, -0.2) is 4.39 Å². The van der Waals surface area contributed by atoms with Crippen LogP contribution in [-0.4, -0.2) is 10.2 Å². The number of hydrogen-bond donors (Lipinski definition) is 2. The number of halogens is 2. The summed E-state index contributed by atoms with van der Waals surface area (Å²) in [7, 11) is 0. The van der Waals surface area contributed by atoms with Gasteiger partial charge in [0, 0.05) is 22.8 Å². The lowest BCUT2D eigenvalue weighted by molar-refractivity contribution is 0.438. The molecule has 3 rings (SSSR count). The molecule has 4 nitrogen and oxygen atoms in total. The van der Waals surface area contributed by atoms with Crippen LogP contribution in [0.1, 0.15) is 38.8 Å². The van der Waals surface area contributed by atoms with Crippen molar-refractivity contribution in [3.63, 3.8) is 0 Å². The molecule has 0 bridgehead atoms. The maximum Gasteiger partial charge on any atom is 0.197 e. The van der Waals surface area contributed by atoms with Crippen molar-refractivity contribution in [2.75, 3.05) is 0 Å². The van der Waals surface area contributed by atoms with Gasteiger partial charge in [-0.15, -0.1) is 0 Å². The molecule has 1 aromatic heterocycles. The third-order valence-corrected chi connectivity index (χ3v) is 5.26. The fourth-order valence-corrected chi connectivity index (χ4v) is 3.39. The highest BCUT2D eigenvalue weighted by Crippen LogP contribution is 2.41. The van der Waals surface area contributed by atoms with Crippen LogP contribution in [0.5, 0.6) is 11.5 Å². The average Bonchev–Trinajstić information content (AvgIpc) is 2.68. The first-order chi connectivity index (χ1) is 14.6. The number of aromatic hydroxyl groups is 2. The van der Waals surface area contributed by atoms with Crippen molar-refractivity contribution in [2.45, 2.75) is 40.5 Å². The zero-order chi connectivity index (χ0) is 22.9. The summed E-state index contributed by atoms with van der Waals surface area (Å²) in [5.41, 5.74) is 2.60. The first-order valence-corrected chi connectivity index (χ1v) is 10.2. The van der Waals surface area contributed by atoms with Crippen molar-refractivity contribution in [3.8, 4) is 22.8 Å². The Labute approximate surface area is 184 Å². The molecule has 0 fully saturated rings. The summed E-state index contributed by atoms with van der Waals surface area (Å²) in [6.45, 7) is 7.65. The fraction of sp³-hybridized carbons (Fsp3) is 0.240. The van der Waals surface area contributed by atoms with E-state index in [9.17, 15) is 19.4 Å². The van der Waals surface area contributed by atoms with Crippen molar-refractivity contribution < 1.29 is 19.0 Å². The molecule has 0 aliphatic carbocycles. The summed E-state index contributed by atoms with van der Waals surface area (Å²) in [5.74, 6) is -0.965. The lowest BCUT2D eigenvalue weighted by Gasteiger charge is -2.15. The van der Waals surface area contributed by atoms with E-state index in [1.165, 1.54) is 24.3 Å². The van der Waals surface area contributed by atoms with Crippen LogP contribution in [-0.2, 0) is 12.8 Å². The third-order valence-electron chi connectivity index (χ3n) is 4.95. The largest absolute Gasteiger partial charge is 0.507 e. The summed E-state index contributed by atoms with van der Waals surface area (Å²) in [6.07, 6.45) is 4.32. The highest BCUT2D eigenvalue weighted by atomic mass is 35.5. The van der Waals surface area contributed by atoms with E-state index in [-0.39, 0.29) is 45.2 Å². The third kappa shape index (κ3) is 4.67. The Morgan fingerprint density at radius 1 is 1.00 bits per heavy atom. The number of phenols is 2. The summed E-state index contributed by atoms with van der Waals surface area (Å²) in [5, 5.41) is 21.7. The lowest BCUT2D eigenvalue weighted by Crippen LogP contribution is -2.05. The van der Waals surface area contributed by atoms with Crippen LogP contribution in [0.15, 0.2) is 56.8 Å². The predicted molar refractivity (Wildman–Crippen MR) is 122 cm³/mol. The molecule has 0 spiro atoms. The molecule has 2 N–H and O–H groups in total. The van der Waals surface area contributed by atoms with Gasteiger partial charge in [-0.3, -0.25) is 4.79 Å². The van der Waals surface area contributed by atoms with Gasteiger partial charge in [0.05, 0.1) is 5.02 Å². The lowest BCUT2D eigenvalue weighted by atomic mass is 9.96. The van der Waals surface area contributed by atoms with E-state index < -0.39 is 11.2 Å². The van der Waals surface area contributed by atoms with Crippen LogP contribution in [0, 0.1) is 5.82 Å². The minimum atomic E-state index is -0.644. The van der Waals surface area contributed by atoms with E-state index in [1.54, 1.807) is 0 Å². The maximum atomic E-state index is 14.0. The molecule has 0 saturated heterocycles. The molecular weight excluding hydrogens is 419 g/mol. The van der Waals surface area contributed by atoms with Crippen molar-refractivity contribution >= 4 is 22.6 Å². The van der Waals surface area contributed by atoms with Crippen molar-refractivity contribution in [1.29, 1.82) is 0 Å². The number of hydrogen-bond acceptors (Lipinski definition) is 4. The maximum absolute atomic E-state index is 14.0. The Kier molecular flexibility index (Phi) is 6.56. The number of phenolic OH excluding ortho intramolecular Hbond substituents is 2. The van der Waals surface area contributed by atoms with Gasteiger partial charge in [0.15, 0.2) is 5.43 Å². The molecule has 31 heavy (non-hydrogen) atoms. The van der Waals surface area contributed by atoms with Gasteiger partial charge in [0.25, 0.3) is 0 Å². The van der Waals surface area contributed by atoms with Gasteiger partial charge in [-0.1, -0.05) is 34.9 Å². The van der Waals surface area contributed by atoms with Crippen molar-refractivity contribution in [2.24, 2.45) is 0 Å². The molecule has 162 valence electrons. The second kappa shape index (κ2) is 8.98. The van der Waals surface area contributed by atoms with Crippen LogP contribution in [0.4, 0.5) is 4.39 Å². The SMILES string of the molecule is CC(C)=CCc1c(O)c(CC=C(C)C)c2oc(-c3ccc(Cl)c(F)c3)cc(=O)c2c1O. The van der Waals surface area contributed by atoms with Crippen LogP contribution in [0.2, 0.25) is 5.02 Å². The van der Waals surface area contributed by atoms with Gasteiger partial charge in [0.1, 0.15) is 34.0 Å². The highest BCUT2D eigenvalue weighted by Gasteiger charge is 2.23. The molecule has 1 heterocycles. The Bertz CT molecular complexity index is 1280. The number of benzene rings is 2. The second-order valence-electron chi connectivity index (χ2n) is 7.93. The summed E-state index contributed by atoms with van der Waals surface area (Å²) >= 11 is 5.76. The molecule has 0 unspecified atom stereocenters. The molecule has 0 radical (unpaired) electrons. The van der Waals surface area contributed by atoms with Gasteiger partial charge in [0.2, 0.25) is 0 Å². The van der Waals surface area contributed by atoms with Crippen LogP contribution in [0.25, 0.3) is 22.3 Å². The van der Waals surface area contributed by atoms with E-state index in [0.29, 0.717) is 17.5 Å². The van der Waals surface area contributed by atoms with Crippen molar-refractivity contribution in [3.05, 3.63) is 79.8 Å². The molecule has 0 aliphatic heterocycles. The molecule has 3 aromatic rings. The van der Waals surface area contributed by atoms with Gasteiger partial charge in [-0.05, 0) is 58.7 Å². The van der Waals surface area contributed by atoms with Gasteiger partial charge < -0.3 is 14.6 Å². The molecule has 0 aliphatic rings. The fourth-order valence-electron chi connectivity index (χ4n) is 3.27. The highest BCUT2D eigenvalue weighted by molar-refractivity contribution is 6.30. The van der Waals surface area contributed by atoms with Gasteiger partial charge >= 0.3 is 0 Å². The topological polar surface area (TPSA) is 70.7 Å². The average molecular weight is 443 g/mol. The molecule has 6 heteroatoms. The number of allylic oxidation sites excluding steroid dienone is 4. The van der Waals surface area contributed by atoms with E-state index in [0.717, 1.165) is 11.1 Å². The minimum absolute atomic E-state index is 0.00898. The standard InChI is InChI=1S/C25H24ClFO4/c1-13(2)5-8-16-23(29)17(9-6-14(3)4)25-22(24(16)30)20(28)12-21(31-25)15-7-10-18(26)19(27)11-15/h5-7,10-12,29-30H,8-9H2,1-4H3. The van der Waals surface area contributed by atoms with E-state index in [4.69, 9.17) is 16.0 Å². The predicted octanol–water partition coefficient (Wildman–Crippen LogP) is 6.68. The Balaban J connectivity index is 2.36. The van der Waals surface area contributed by atoms with E-state index in [2.05, 4.69) is 0 Å². The second-order valence-corrected chi connectivity index (χ2v) is 8.34. The normalized spacial score (nSPS) is 10.9. The molecule has 0 saturated carbocycles. The van der Waals surface area contributed by atoms with E-state index >= 15 is 0 Å². The molecule has 2 aromatic carbocycles. The first-order valence-electron chi connectivity index (χ1n) is 9.85. The smallest absolute Gasteiger partial charge is 0.197 e. The number of rotatable bonds is 5. The Hall–Kier alpha value is -3.05. The summed E-state index contributed by atoms with van der Waals surface area (Å²) in [6, 6.07) is 5.29. The first kappa shape index (κ1) is 22.6. The monoisotopic (exact) mass is 442 g/mol. The van der Waals surface area contributed by atoms with Crippen LogP contribution in [0.3, 0.4) is 0 Å². The van der Waals surface area contributed by atoms with Crippen LogP contribution >= 0.6 is 11.6 Å². The zero-order valence-electron chi connectivity index (χ0n) is 17.8. The molecule has 0 amide bonds. The Morgan fingerprint density at radius 3 is 2.19 bits per heavy atom. The van der Waals surface area contributed by atoms with E-state index in [1.807, 2.05) is 39.8 Å². The van der Waals surface area contributed by atoms with Crippen molar-refractivity contribution in [1.82, 2.24) is 0 Å². The molecular formula is C25H24ClFO4. The zero-order valence-corrected chi connectivity index (χ0v) is 18.6. The molecule has 0 atom stereocenters. The summed E-state index contributed by atoms with van der Waals surface area (Å²) < 4.78 is 19.9. The van der Waals surface area contributed by atoms with Crippen LogP contribution < -0.4 is 5.43 Å². The Morgan fingerprint density at radius 2 is 1.61 bits per heavy atom. The minimum Gasteiger partial charge on any atom is -0.507 e. The summed E-state index contributed by atoms with van der Waals surface area (Å²) in [4.78, 5) is 13.0. The number of fused-ring (bicyclic) bond motifs is 1. The van der Waals surface area contributed by atoms with Gasteiger partial charge in [-0.2, -0.15) is 0 Å². The quantitative estimate of drug-likeness (QED) is 0.432.